The standard InChI is InChI=1S/C19H20ClNO4/c20-15-4-2-14(3-5-15)19(25)7-9-21(10-8-19)12-18(24)13-1-6-16(22)17(23)11-13/h1-6,11,22-23,25H,7-10,12H2. The van der Waals surface area contributed by atoms with Gasteiger partial charge in [0, 0.05) is 23.7 Å². The van der Waals surface area contributed by atoms with E-state index in [1.807, 2.05) is 17.0 Å². The highest BCUT2D eigenvalue weighted by atomic mass is 35.5. The van der Waals surface area contributed by atoms with Crippen molar-refractivity contribution in [3.8, 4) is 11.5 Å². The van der Waals surface area contributed by atoms with Crippen LogP contribution in [0, 0.1) is 0 Å². The van der Waals surface area contributed by atoms with Crippen molar-refractivity contribution in [1.29, 1.82) is 0 Å². The van der Waals surface area contributed by atoms with Crippen molar-refractivity contribution in [3.05, 3.63) is 58.6 Å². The highest BCUT2D eigenvalue weighted by Crippen LogP contribution is 2.33. The fourth-order valence-electron chi connectivity index (χ4n) is 3.12. The molecule has 0 unspecified atom stereocenters. The summed E-state index contributed by atoms with van der Waals surface area (Å²) in [5.74, 6) is -0.684. The summed E-state index contributed by atoms with van der Waals surface area (Å²) in [6, 6.07) is 11.3. The molecular weight excluding hydrogens is 342 g/mol. The molecule has 6 heteroatoms. The summed E-state index contributed by atoms with van der Waals surface area (Å²) in [6.45, 7) is 1.39. The van der Waals surface area contributed by atoms with Gasteiger partial charge in [-0.25, -0.2) is 0 Å². The molecular formula is C19H20ClNO4. The van der Waals surface area contributed by atoms with Crippen LogP contribution >= 0.6 is 11.6 Å². The maximum absolute atomic E-state index is 12.3. The maximum Gasteiger partial charge on any atom is 0.176 e. The van der Waals surface area contributed by atoms with Crippen LogP contribution in [0.5, 0.6) is 11.5 Å². The quantitative estimate of drug-likeness (QED) is 0.576. The molecule has 0 atom stereocenters. The van der Waals surface area contributed by atoms with Crippen LogP contribution in [0.1, 0.15) is 28.8 Å². The zero-order valence-corrected chi connectivity index (χ0v) is 14.4. The van der Waals surface area contributed by atoms with Gasteiger partial charge in [-0.15, -0.1) is 0 Å². The lowest BCUT2D eigenvalue weighted by atomic mass is 9.84. The molecule has 1 fully saturated rings. The molecule has 0 aromatic heterocycles. The molecule has 0 saturated carbocycles. The van der Waals surface area contributed by atoms with Crippen LogP contribution in [0.3, 0.4) is 0 Å². The van der Waals surface area contributed by atoms with Crippen LogP contribution in [0.25, 0.3) is 0 Å². The second-order valence-electron chi connectivity index (χ2n) is 6.44. The topological polar surface area (TPSA) is 81.0 Å². The molecule has 2 aromatic rings. The molecule has 1 aliphatic rings. The first-order chi connectivity index (χ1) is 11.9. The van der Waals surface area contributed by atoms with Crippen molar-refractivity contribution >= 4 is 17.4 Å². The fraction of sp³-hybridized carbons (Fsp3) is 0.316. The van der Waals surface area contributed by atoms with Gasteiger partial charge in [0.05, 0.1) is 12.1 Å². The number of carbonyl (C=O) groups is 1. The first-order valence-electron chi connectivity index (χ1n) is 8.13. The van der Waals surface area contributed by atoms with Crippen LogP contribution in [-0.2, 0) is 5.60 Å². The van der Waals surface area contributed by atoms with Crippen molar-refractivity contribution in [3.63, 3.8) is 0 Å². The summed E-state index contributed by atoms with van der Waals surface area (Å²) < 4.78 is 0. The van der Waals surface area contributed by atoms with E-state index in [0.717, 1.165) is 5.56 Å². The van der Waals surface area contributed by atoms with Crippen LogP contribution in [0.2, 0.25) is 5.02 Å². The summed E-state index contributed by atoms with van der Waals surface area (Å²) in [6.07, 6.45) is 1.06. The van der Waals surface area contributed by atoms with E-state index in [0.29, 0.717) is 36.5 Å². The van der Waals surface area contributed by atoms with Gasteiger partial charge in [-0.3, -0.25) is 9.69 Å². The lowest BCUT2D eigenvalue weighted by Gasteiger charge is -2.38. The molecule has 132 valence electrons. The molecule has 0 spiro atoms. The molecule has 0 bridgehead atoms. The summed E-state index contributed by atoms with van der Waals surface area (Å²) in [5.41, 5.74) is 0.293. The van der Waals surface area contributed by atoms with Gasteiger partial charge < -0.3 is 15.3 Å². The fourth-order valence-corrected chi connectivity index (χ4v) is 3.25. The van der Waals surface area contributed by atoms with Crippen LogP contribution in [0.4, 0.5) is 0 Å². The number of phenols is 2. The third-order valence-corrected chi connectivity index (χ3v) is 4.98. The SMILES string of the molecule is O=C(CN1CCC(O)(c2ccc(Cl)cc2)CC1)c1ccc(O)c(O)c1. The smallest absolute Gasteiger partial charge is 0.176 e. The Hall–Kier alpha value is -2.08. The number of carbonyl (C=O) groups excluding carboxylic acids is 1. The van der Waals surface area contributed by atoms with Gasteiger partial charge in [-0.05, 0) is 48.7 Å². The predicted molar refractivity (Wildman–Crippen MR) is 95.1 cm³/mol. The van der Waals surface area contributed by atoms with Crippen molar-refractivity contribution in [2.75, 3.05) is 19.6 Å². The molecule has 1 saturated heterocycles. The Morgan fingerprint density at radius 3 is 2.28 bits per heavy atom. The highest BCUT2D eigenvalue weighted by Gasteiger charge is 2.34. The minimum absolute atomic E-state index is 0.132. The average molecular weight is 362 g/mol. The van der Waals surface area contributed by atoms with Gasteiger partial charge in [0.2, 0.25) is 0 Å². The van der Waals surface area contributed by atoms with Crippen molar-refractivity contribution < 1.29 is 20.1 Å². The number of Topliss-reactive ketones (excluding diaryl/α,β-unsaturated/α-hetero) is 1. The lowest BCUT2D eigenvalue weighted by molar-refractivity contribution is -0.0245. The minimum Gasteiger partial charge on any atom is -0.504 e. The summed E-state index contributed by atoms with van der Waals surface area (Å²) in [7, 11) is 0. The van der Waals surface area contributed by atoms with Crippen molar-refractivity contribution in [1.82, 2.24) is 4.90 Å². The summed E-state index contributed by atoms with van der Waals surface area (Å²) >= 11 is 5.89. The second kappa shape index (κ2) is 7.04. The Bertz CT molecular complexity index is 767. The highest BCUT2D eigenvalue weighted by molar-refractivity contribution is 6.30. The van der Waals surface area contributed by atoms with E-state index in [9.17, 15) is 20.1 Å². The van der Waals surface area contributed by atoms with Gasteiger partial charge in [0.25, 0.3) is 0 Å². The van der Waals surface area contributed by atoms with Crippen molar-refractivity contribution in [2.24, 2.45) is 0 Å². The lowest BCUT2D eigenvalue weighted by Crippen LogP contribution is -2.44. The summed E-state index contributed by atoms with van der Waals surface area (Å²) in [4.78, 5) is 14.3. The largest absolute Gasteiger partial charge is 0.504 e. The minimum atomic E-state index is -0.902. The summed E-state index contributed by atoms with van der Waals surface area (Å²) in [5, 5.41) is 30.3. The number of halogens is 1. The van der Waals surface area contributed by atoms with Gasteiger partial charge in [0.15, 0.2) is 17.3 Å². The van der Waals surface area contributed by atoms with E-state index in [1.54, 1.807) is 12.1 Å². The van der Waals surface area contributed by atoms with E-state index >= 15 is 0 Å². The van der Waals surface area contributed by atoms with E-state index in [1.165, 1.54) is 18.2 Å². The zero-order chi connectivity index (χ0) is 18.0. The number of piperidine rings is 1. The molecule has 3 rings (SSSR count). The van der Waals surface area contributed by atoms with E-state index in [2.05, 4.69) is 0 Å². The molecule has 2 aromatic carbocycles. The third kappa shape index (κ3) is 3.95. The first kappa shape index (κ1) is 17.7. The molecule has 0 aliphatic carbocycles. The second-order valence-corrected chi connectivity index (χ2v) is 6.88. The van der Waals surface area contributed by atoms with E-state index < -0.39 is 5.60 Å². The van der Waals surface area contributed by atoms with Gasteiger partial charge in [-0.2, -0.15) is 0 Å². The van der Waals surface area contributed by atoms with Crippen LogP contribution in [-0.4, -0.2) is 45.6 Å². The number of aliphatic hydroxyl groups is 1. The molecule has 25 heavy (non-hydrogen) atoms. The predicted octanol–water partition coefficient (Wildman–Crippen LogP) is 2.92. The third-order valence-electron chi connectivity index (χ3n) is 4.73. The molecule has 0 radical (unpaired) electrons. The van der Waals surface area contributed by atoms with Crippen LogP contribution < -0.4 is 0 Å². The molecule has 1 aliphatic heterocycles. The number of likely N-dealkylation sites (tertiary alicyclic amines) is 1. The Kier molecular flexibility index (Phi) is 4.99. The normalized spacial score (nSPS) is 17.4. The number of hydrogen-bond donors (Lipinski definition) is 3. The van der Waals surface area contributed by atoms with E-state index in [-0.39, 0.29) is 23.8 Å². The Labute approximate surface area is 151 Å². The van der Waals surface area contributed by atoms with Gasteiger partial charge in [0.1, 0.15) is 0 Å². The Morgan fingerprint density at radius 1 is 1.04 bits per heavy atom. The van der Waals surface area contributed by atoms with Gasteiger partial charge in [-0.1, -0.05) is 23.7 Å². The molecule has 3 N–H and O–H groups in total. The first-order valence-corrected chi connectivity index (χ1v) is 8.51. The monoisotopic (exact) mass is 361 g/mol. The van der Waals surface area contributed by atoms with Crippen LogP contribution in [0.15, 0.2) is 42.5 Å². The molecule has 5 nitrogen and oxygen atoms in total. The Morgan fingerprint density at radius 2 is 1.68 bits per heavy atom. The number of hydrogen-bond acceptors (Lipinski definition) is 5. The number of nitrogens with zero attached hydrogens (tertiary/aromatic N) is 1. The zero-order valence-electron chi connectivity index (χ0n) is 13.7. The molecule has 1 heterocycles. The van der Waals surface area contributed by atoms with Gasteiger partial charge >= 0.3 is 0 Å². The molecule has 0 amide bonds. The van der Waals surface area contributed by atoms with E-state index in [4.69, 9.17) is 11.6 Å². The number of benzene rings is 2. The average Bonchev–Trinajstić information content (AvgIpc) is 2.60. The number of phenolic OH excluding ortho intramolecular Hbond substituents is 2. The number of rotatable bonds is 4. The maximum atomic E-state index is 12.3. The number of aromatic hydroxyl groups is 2. The number of ketones is 1. The Balaban J connectivity index is 1.61. The van der Waals surface area contributed by atoms with Crippen molar-refractivity contribution in [2.45, 2.75) is 18.4 Å².